The fourth-order valence-corrected chi connectivity index (χ4v) is 3.98. The molecule has 6 heteroatoms. The lowest BCUT2D eigenvalue weighted by Gasteiger charge is -2.21. The van der Waals surface area contributed by atoms with Gasteiger partial charge in [-0.3, -0.25) is 4.79 Å². The summed E-state index contributed by atoms with van der Waals surface area (Å²) in [7, 11) is 1.61. The van der Waals surface area contributed by atoms with Crippen LogP contribution in [0.1, 0.15) is 43.0 Å². The molecule has 0 bridgehead atoms. The van der Waals surface area contributed by atoms with Gasteiger partial charge in [-0.05, 0) is 29.7 Å². The number of fused-ring (bicyclic) bond motifs is 1. The second-order valence-corrected chi connectivity index (χ2v) is 7.44. The number of para-hydroxylation sites is 1. The predicted molar refractivity (Wildman–Crippen MR) is 116 cm³/mol. The Labute approximate surface area is 175 Å². The van der Waals surface area contributed by atoms with Gasteiger partial charge in [0.2, 0.25) is 5.91 Å². The first-order valence-corrected chi connectivity index (χ1v) is 9.99. The van der Waals surface area contributed by atoms with Crippen molar-refractivity contribution in [1.29, 1.82) is 0 Å². The number of methoxy groups -OCH3 is 1. The Balaban J connectivity index is 1.74. The van der Waals surface area contributed by atoms with Crippen LogP contribution in [0.15, 0.2) is 53.6 Å². The number of aryl methyl sites for hydroxylation is 1. The number of nitrogens with zero attached hydrogens (tertiary/aromatic N) is 3. The third-order valence-corrected chi connectivity index (χ3v) is 5.60. The number of hydrogen-bond donors (Lipinski definition) is 0. The molecule has 29 heavy (non-hydrogen) atoms. The van der Waals surface area contributed by atoms with Crippen molar-refractivity contribution in [1.82, 2.24) is 9.99 Å². The summed E-state index contributed by atoms with van der Waals surface area (Å²) in [5.74, 6) is 0.538. The number of benzene rings is 2. The average molecular weight is 408 g/mol. The summed E-state index contributed by atoms with van der Waals surface area (Å²) in [6.07, 6.45) is 1.57. The van der Waals surface area contributed by atoms with Crippen LogP contribution in [0, 0.1) is 0 Å². The molecule has 1 aliphatic rings. The van der Waals surface area contributed by atoms with E-state index in [-0.39, 0.29) is 11.9 Å². The Morgan fingerprint density at radius 2 is 2.00 bits per heavy atom. The molecule has 2 heterocycles. The molecule has 0 radical (unpaired) electrons. The summed E-state index contributed by atoms with van der Waals surface area (Å²) in [6.45, 7) is 3.64. The van der Waals surface area contributed by atoms with E-state index in [2.05, 4.69) is 41.3 Å². The van der Waals surface area contributed by atoms with Gasteiger partial charge in [0.25, 0.3) is 0 Å². The van der Waals surface area contributed by atoms with Crippen LogP contribution in [0.4, 0.5) is 0 Å². The van der Waals surface area contributed by atoms with Crippen molar-refractivity contribution >= 4 is 34.1 Å². The lowest BCUT2D eigenvalue weighted by Crippen LogP contribution is -2.24. The Morgan fingerprint density at radius 1 is 1.24 bits per heavy atom. The zero-order valence-electron chi connectivity index (χ0n) is 16.6. The molecule has 1 amide bonds. The highest BCUT2D eigenvalue weighted by Crippen LogP contribution is 2.38. The summed E-state index contributed by atoms with van der Waals surface area (Å²) in [4.78, 5) is 16.9. The molecule has 3 aromatic rings. The maximum Gasteiger partial charge on any atom is 0.240 e. The van der Waals surface area contributed by atoms with Crippen LogP contribution in [-0.4, -0.2) is 28.7 Å². The van der Waals surface area contributed by atoms with Crippen molar-refractivity contribution in [3.8, 4) is 5.75 Å². The van der Waals surface area contributed by atoms with E-state index in [1.807, 2.05) is 24.3 Å². The van der Waals surface area contributed by atoms with Gasteiger partial charge in [-0.2, -0.15) is 5.10 Å². The van der Waals surface area contributed by atoms with Crippen molar-refractivity contribution < 1.29 is 9.53 Å². The van der Waals surface area contributed by atoms with Gasteiger partial charge in [0, 0.05) is 24.3 Å². The molecule has 1 aromatic heterocycles. The van der Waals surface area contributed by atoms with Crippen molar-refractivity contribution in [3.05, 3.63) is 70.4 Å². The van der Waals surface area contributed by atoms with Gasteiger partial charge in [0.15, 0.2) is 0 Å². The smallest absolute Gasteiger partial charge is 0.240 e. The lowest BCUT2D eigenvalue weighted by atomic mass is 9.97. The fourth-order valence-electron chi connectivity index (χ4n) is 3.71. The van der Waals surface area contributed by atoms with Gasteiger partial charge in [-0.25, -0.2) is 9.99 Å². The molecule has 0 saturated carbocycles. The zero-order valence-corrected chi connectivity index (χ0v) is 17.4. The first-order chi connectivity index (χ1) is 14.0. The molecule has 4 rings (SSSR count). The molecule has 0 saturated heterocycles. The summed E-state index contributed by atoms with van der Waals surface area (Å²) < 4.78 is 5.39. The molecule has 148 valence electrons. The summed E-state index contributed by atoms with van der Waals surface area (Å²) in [5.41, 5.74) is 4.64. The molecule has 1 atom stereocenters. The van der Waals surface area contributed by atoms with Gasteiger partial charge in [-0.1, -0.05) is 54.9 Å². The highest BCUT2D eigenvalue weighted by molar-refractivity contribution is 6.30. The number of ether oxygens (including phenoxy) is 1. The largest absolute Gasteiger partial charge is 0.494 e. The normalized spacial score (nSPS) is 16.2. The molecule has 1 unspecified atom stereocenters. The third-order valence-electron chi connectivity index (χ3n) is 5.30. The Kier molecular flexibility index (Phi) is 5.24. The van der Waals surface area contributed by atoms with Crippen LogP contribution >= 0.6 is 11.6 Å². The minimum Gasteiger partial charge on any atom is -0.494 e. The molecule has 0 N–H and O–H groups in total. The molecule has 0 spiro atoms. The van der Waals surface area contributed by atoms with Crippen molar-refractivity contribution in [2.24, 2.45) is 5.10 Å². The minimum atomic E-state index is -0.288. The quantitative estimate of drug-likeness (QED) is 0.561. The topological polar surface area (TPSA) is 54.8 Å². The number of hydrazone groups is 1. The second-order valence-electron chi connectivity index (χ2n) is 7.08. The van der Waals surface area contributed by atoms with Gasteiger partial charge in [0.1, 0.15) is 16.4 Å². The summed E-state index contributed by atoms with van der Waals surface area (Å²) in [6, 6.07) is 15.7. The number of pyridine rings is 1. The van der Waals surface area contributed by atoms with Crippen LogP contribution in [0.2, 0.25) is 5.15 Å². The number of carbonyl (C=O) groups is 1. The first kappa shape index (κ1) is 19.4. The third kappa shape index (κ3) is 3.58. The molecule has 5 nitrogen and oxygen atoms in total. The maximum absolute atomic E-state index is 12.3. The highest BCUT2D eigenvalue weighted by Gasteiger charge is 2.33. The summed E-state index contributed by atoms with van der Waals surface area (Å²) >= 11 is 6.56. The number of aromatic nitrogens is 1. The van der Waals surface area contributed by atoms with Crippen LogP contribution in [-0.2, 0) is 11.2 Å². The van der Waals surface area contributed by atoms with Crippen LogP contribution < -0.4 is 4.74 Å². The monoisotopic (exact) mass is 407 g/mol. The van der Waals surface area contributed by atoms with Crippen LogP contribution in [0.25, 0.3) is 10.9 Å². The molecule has 0 fully saturated rings. The minimum absolute atomic E-state index is 0.128. The van der Waals surface area contributed by atoms with E-state index in [4.69, 9.17) is 16.3 Å². The van der Waals surface area contributed by atoms with E-state index < -0.39 is 0 Å². The Morgan fingerprint density at radius 3 is 2.66 bits per heavy atom. The summed E-state index contributed by atoms with van der Waals surface area (Å²) in [5, 5.41) is 7.39. The molecule has 1 aliphatic heterocycles. The number of carbonyl (C=O) groups excluding carboxylic acids is 1. The second kappa shape index (κ2) is 7.84. The van der Waals surface area contributed by atoms with E-state index in [0.29, 0.717) is 22.8 Å². The molecule has 2 aromatic carbocycles. The Bertz CT molecular complexity index is 1110. The Hall–Kier alpha value is -2.92. The van der Waals surface area contributed by atoms with Crippen molar-refractivity contribution in [3.63, 3.8) is 0 Å². The predicted octanol–water partition coefficient (Wildman–Crippen LogP) is 5.16. The van der Waals surface area contributed by atoms with Gasteiger partial charge < -0.3 is 4.74 Å². The average Bonchev–Trinajstić information content (AvgIpc) is 3.18. The van der Waals surface area contributed by atoms with E-state index >= 15 is 0 Å². The van der Waals surface area contributed by atoms with Gasteiger partial charge in [-0.15, -0.1) is 0 Å². The SMILES string of the molecule is CCc1ccc(C2=NN(C(C)=O)C(c3cc4cccc(OC)c4nc3Cl)C2)cc1. The highest BCUT2D eigenvalue weighted by atomic mass is 35.5. The standard InChI is InChI=1S/C23H22ClN3O2/c1-4-15-8-10-16(11-9-15)19-13-20(27(26-19)14(2)28)18-12-17-6-5-7-21(29-3)22(17)25-23(18)24/h5-12,20H,4,13H2,1-3H3. The van der Waals surface area contributed by atoms with E-state index in [1.54, 1.807) is 7.11 Å². The van der Waals surface area contributed by atoms with Crippen molar-refractivity contribution in [2.45, 2.75) is 32.7 Å². The molecule has 0 aliphatic carbocycles. The lowest BCUT2D eigenvalue weighted by molar-refractivity contribution is -0.130. The fraction of sp³-hybridized carbons (Fsp3) is 0.261. The van der Waals surface area contributed by atoms with E-state index in [0.717, 1.165) is 28.6 Å². The zero-order chi connectivity index (χ0) is 20.5. The molecular formula is C23H22ClN3O2. The first-order valence-electron chi connectivity index (χ1n) is 9.61. The van der Waals surface area contributed by atoms with Crippen LogP contribution in [0.3, 0.4) is 0 Å². The number of amides is 1. The van der Waals surface area contributed by atoms with Gasteiger partial charge >= 0.3 is 0 Å². The molecular weight excluding hydrogens is 386 g/mol. The van der Waals surface area contributed by atoms with E-state index in [1.165, 1.54) is 17.5 Å². The van der Waals surface area contributed by atoms with Crippen LogP contribution in [0.5, 0.6) is 5.75 Å². The van der Waals surface area contributed by atoms with E-state index in [9.17, 15) is 4.79 Å². The number of halogens is 1. The van der Waals surface area contributed by atoms with Crippen molar-refractivity contribution in [2.75, 3.05) is 7.11 Å². The number of rotatable bonds is 4. The van der Waals surface area contributed by atoms with Gasteiger partial charge in [0.05, 0.1) is 18.9 Å². The maximum atomic E-state index is 12.3. The number of hydrogen-bond acceptors (Lipinski definition) is 4.